The van der Waals surface area contributed by atoms with Crippen LogP contribution < -0.4 is 10.9 Å². The number of aromatic nitrogens is 2. The van der Waals surface area contributed by atoms with Gasteiger partial charge in [-0.2, -0.15) is 0 Å². The molecule has 0 unspecified atom stereocenters. The van der Waals surface area contributed by atoms with Crippen molar-refractivity contribution >= 4 is 28.6 Å². The third-order valence-corrected chi connectivity index (χ3v) is 5.76. The van der Waals surface area contributed by atoms with Crippen LogP contribution in [0, 0.1) is 5.92 Å². The van der Waals surface area contributed by atoms with Crippen LogP contribution in [-0.4, -0.2) is 27.8 Å². The van der Waals surface area contributed by atoms with E-state index in [2.05, 4.69) is 16.9 Å². The van der Waals surface area contributed by atoms with Gasteiger partial charge >= 0.3 is 0 Å². The first-order valence-electron chi connectivity index (χ1n) is 9.19. The predicted octanol–water partition coefficient (Wildman–Crippen LogP) is 3.37. The molecule has 1 amide bonds. The Balaban J connectivity index is 1.67. The smallest absolute Gasteiger partial charge is 0.262 e. The van der Waals surface area contributed by atoms with Crippen molar-refractivity contribution in [2.75, 3.05) is 12.3 Å². The van der Waals surface area contributed by atoms with Gasteiger partial charge in [0.25, 0.3) is 5.56 Å². The highest BCUT2D eigenvalue weighted by atomic mass is 32.2. The number of fused-ring (bicyclic) bond motifs is 1. The molecule has 3 rings (SSSR count). The Morgan fingerprint density at radius 2 is 2.08 bits per heavy atom. The van der Waals surface area contributed by atoms with Crippen LogP contribution in [0.25, 0.3) is 10.9 Å². The molecule has 1 N–H and O–H groups in total. The van der Waals surface area contributed by atoms with E-state index in [4.69, 9.17) is 0 Å². The van der Waals surface area contributed by atoms with E-state index in [0.29, 0.717) is 28.5 Å². The standard InChI is InChI=1S/C20H25N3O2S/c1-2-12-23-19(25)16-10-6-7-11-17(16)22-20(23)26-14-18(24)21-13-15-8-4-3-5-9-15/h2,6-7,10-11,15H,1,3-5,8-9,12-14H2,(H,21,24). The number of para-hydroxylation sites is 1. The minimum absolute atomic E-state index is 0.00636. The molecule has 1 heterocycles. The van der Waals surface area contributed by atoms with Crippen molar-refractivity contribution in [3.05, 3.63) is 47.3 Å². The van der Waals surface area contributed by atoms with Crippen LogP contribution in [0.5, 0.6) is 0 Å². The number of amides is 1. The Kier molecular flexibility index (Phi) is 6.50. The number of carbonyl (C=O) groups excluding carboxylic acids is 1. The average molecular weight is 372 g/mol. The Morgan fingerprint density at radius 3 is 2.85 bits per heavy atom. The number of rotatable bonds is 7. The maximum Gasteiger partial charge on any atom is 0.262 e. The largest absolute Gasteiger partial charge is 0.355 e. The zero-order valence-electron chi connectivity index (χ0n) is 14.9. The minimum Gasteiger partial charge on any atom is -0.355 e. The van der Waals surface area contributed by atoms with E-state index in [1.807, 2.05) is 18.2 Å². The molecule has 26 heavy (non-hydrogen) atoms. The number of allylic oxidation sites excluding steroid dienone is 1. The summed E-state index contributed by atoms with van der Waals surface area (Å²) < 4.78 is 1.58. The quantitative estimate of drug-likeness (QED) is 0.460. The van der Waals surface area contributed by atoms with Crippen LogP contribution in [0.4, 0.5) is 0 Å². The van der Waals surface area contributed by atoms with Gasteiger partial charge in [-0.25, -0.2) is 4.98 Å². The average Bonchev–Trinajstić information content (AvgIpc) is 2.68. The van der Waals surface area contributed by atoms with Crippen molar-refractivity contribution in [1.29, 1.82) is 0 Å². The first-order chi connectivity index (χ1) is 12.7. The van der Waals surface area contributed by atoms with Crippen LogP contribution in [0.1, 0.15) is 32.1 Å². The number of thioether (sulfide) groups is 1. The van der Waals surface area contributed by atoms with Crippen molar-refractivity contribution in [3.63, 3.8) is 0 Å². The normalized spacial score (nSPS) is 15.1. The van der Waals surface area contributed by atoms with E-state index in [1.165, 1.54) is 43.9 Å². The number of benzene rings is 1. The first-order valence-corrected chi connectivity index (χ1v) is 10.2. The Morgan fingerprint density at radius 1 is 1.31 bits per heavy atom. The van der Waals surface area contributed by atoms with Gasteiger partial charge in [0, 0.05) is 13.1 Å². The van der Waals surface area contributed by atoms with Gasteiger partial charge in [0.05, 0.1) is 16.7 Å². The summed E-state index contributed by atoms with van der Waals surface area (Å²) in [6.45, 7) is 4.85. The third-order valence-electron chi connectivity index (χ3n) is 4.78. The van der Waals surface area contributed by atoms with Crippen LogP contribution in [0.15, 0.2) is 46.9 Å². The predicted molar refractivity (Wildman–Crippen MR) is 107 cm³/mol. The van der Waals surface area contributed by atoms with Crippen molar-refractivity contribution < 1.29 is 4.79 Å². The highest BCUT2D eigenvalue weighted by Gasteiger charge is 2.15. The first kappa shape index (κ1) is 18.7. The molecule has 1 aromatic heterocycles. The number of nitrogens with one attached hydrogen (secondary N) is 1. The molecule has 0 saturated heterocycles. The molecule has 0 aliphatic heterocycles. The SMILES string of the molecule is C=CCn1c(SCC(=O)NCC2CCCCC2)nc2ccccc2c1=O. The molecule has 6 heteroatoms. The Hall–Kier alpha value is -2.08. The van der Waals surface area contributed by atoms with E-state index >= 15 is 0 Å². The van der Waals surface area contributed by atoms with Crippen LogP contribution >= 0.6 is 11.8 Å². The van der Waals surface area contributed by atoms with Gasteiger partial charge in [-0.3, -0.25) is 14.2 Å². The number of carbonyl (C=O) groups is 1. The lowest BCUT2D eigenvalue weighted by molar-refractivity contribution is -0.118. The van der Waals surface area contributed by atoms with Crippen LogP contribution in [0.3, 0.4) is 0 Å². The second-order valence-corrected chi connectivity index (χ2v) is 7.66. The summed E-state index contributed by atoms with van der Waals surface area (Å²) in [5.41, 5.74) is 0.559. The van der Waals surface area contributed by atoms with Crippen LogP contribution in [0.2, 0.25) is 0 Å². The van der Waals surface area contributed by atoms with Crippen molar-refractivity contribution in [2.24, 2.45) is 5.92 Å². The van der Waals surface area contributed by atoms with Gasteiger partial charge in [-0.1, -0.05) is 49.2 Å². The molecule has 1 aliphatic rings. The van der Waals surface area contributed by atoms with Crippen molar-refractivity contribution in [1.82, 2.24) is 14.9 Å². The fraction of sp³-hybridized carbons (Fsp3) is 0.450. The van der Waals surface area contributed by atoms with Crippen LogP contribution in [-0.2, 0) is 11.3 Å². The number of nitrogens with zero attached hydrogens (tertiary/aromatic N) is 2. The number of hydrogen-bond donors (Lipinski definition) is 1. The summed E-state index contributed by atoms with van der Waals surface area (Å²) >= 11 is 1.30. The van der Waals surface area contributed by atoms with Crippen molar-refractivity contribution in [2.45, 2.75) is 43.8 Å². The summed E-state index contributed by atoms with van der Waals surface area (Å²) in [4.78, 5) is 29.5. The molecular weight excluding hydrogens is 346 g/mol. The van der Waals surface area contributed by atoms with Gasteiger partial charge in [0.1, 0.15) is 0 Å². The molecule has 2 aromatic rings. The van der Waals surface area contributed by atoms with Gasteiger partial charge in [0.15, 0.2) is 5.16 Å². The minimum atomic E-state index is -0.0967. The summed E-state index contributed by atoms with van der Waals surface area (Å²) in [7, 11) is 0. The molecule has 138 valence electrons. The molecule has 0 bridgehead atoms. The van der Waals surface area contributed by atoms with Gasteiger partial charge in [0.2, 0.25) is 5.91 Å². The fourth-order valence-corrected chi connectivity index (χ4v) is 4.22. The molecular formula is C20H25N3O2S. The fourth-order valence-electron chi connectivity index (χ4n) is 3.38. The molecule has 0 atom stereocenters. The van der Waals surface area contributed by atoms with E-state index in [9.17, 15) is 9.59 Å². The zero-order valence-corrected chi connectivity index (χ0v) is 15.8. The third kappa shape index (κ3) is 4.55. The summed E-state index contributed by atoms with van der Waals surface area (Å²) in [5, 5.41) is 4.17. The van der Waals surface area contributed by atoms with E-state index < -0.39 is 0 Å². The van der Waals surface area contributed by atoms with Gasteiger partial charge in [-0.05, 0) is 30.9 Å². The topological polar surface area (TPSA) is 64.0 Å². The highest BCUT2D eigenvalue weighted by molar-refractivity contribution is 7.99. The lowest BCUT2D eigenvalue weighted by Crippen LogP contribution is -2.31. The monoisotopic (exact) mass is 371 g/mol. The van der Waals surface area contributed by atoms with E-state index in [0.717, 1.165) is 6.54 Å². The molecule has 1 saturated carbocycles. The van der Waals surface area contributed by atoms with E-state index in [-0.39, 0.29) is 17.2 Å². The second kappa shape index (κ2) is 9.03. The summed E-state index contributed by atoms with van der Waals surface area (Å²) in [5.74, 6) is 0.859. The second-order valence-electron chi connectivity index (χ2n) is 6.71. The molecule has 1 aliphatic carbocycles. The lowest BCUT2D eigenvalue weighted by atomic mass is 9.89. The highest BCUT2D eigenvalue weighted by Crippen LogP contribution is 2.23. The maximum absolute atomic E-state index is 12.7. The lowest BCUT2D eigenvalue weighted by Gasteiger charge is -2.21. The van der Waals surface area contributed by atoms with Gasteiger partial charge < -0.3 is 5.32 Å². The van der Waals surface area contributed by atoms with Crippen molar-refractivity contribution in [3.8, 4) is 0 Å². The summed E-state index contributed by atoms with van der Waals surface area (Å²) in [6.07, 6.45) is 7.94. The Bertz CT molecular complexity index is 841. The van der Waals surface area contributed by atoms with E-state index in [1.54, 1.807) is 16.7 Å². The Labute approximate surface area is 157 Å². The number of hydrogen-bond acceptors (Lipinski definition) is 4. The molecule has 1 fully saturated rings. The van der Waals surface area contributed by atoms with Gasteiger partial charge in [-0.15, -0.1) is 6.58 Å². The molecule has 5 nitrogen and oxygen atoms in total. The molecule has 1 aromatic carbocycles. The maximum atomic E-state index is 12.7. The molecule has 0 spiro atoms. The molecule has 0 radical (unpaired) electrons. The summed E-state index contributed by atoms with van der Waals surface area (Å²) in [6, 6.07) is 7.28. The zero-order chi connectivity index (χ0) is 18.4.